The van der Waals surface area contributed by atoms with Crippen LogP contribution in [0.25, 0.3) is 0 Å². The molecule has 2 aromatic carbocycles. The van der Waals surface area contributed by atoms with Crippen LogP contribution in [-0.4, -0.2) is 11.3 Å². The fourth-order valence-electron chi connectivity index (χ4n) is 1.48. The van der Waals surface area contributed by atoms with E-state index in [1.54, 1.807) is 24.4 Å². The van der Waals surface area contributed by atoms with Crippen molar-refractivity contribution in [1.29, 1.82) is 0 Å². The van der Waals surface area contributed by atoms with Crippen molar-refractivity contribution >= 4 is 23.5 Å². The lowest BCUT2D eigenvalue weighted by Crippen LogP contribution is -1.83. The molecular formula is C14H12ClNO. The van der Waals surface area contributed by atoms with Crippen LogP contribution >= 0.6 is 11.6 Å². The summed E-state index contributed by atoms with van der Waals surface area (Å²) in [7, 11) is 0. The van der Waals surface area contributed by atoms with Crippen LogP contribution in [0.1, 0.15) is 11.1 Å². The summed E-state index contributed by atoms with van der Waals surface area (Å²) in [4.78, 5) is 4.27. The third-order valence-electron chi connectivity index (χ3n) is 2.34. The van der Waals surface area contributed by atoms with Crippen molar-refractivity contribution in [3.8, 4) is 5.75 Å². The lowest BCUT2D eigenvalue weighted by Gasteiger charge is -2.00. The van der Waals surface area contributed by atoms with Crippen LogP contribution in [0, 0.1) is 6.92 Å². The van der Waals surface area contributed by atoms with Crippen molar-refractivity contribution in [2.75, 3.05) is 0 Å². The summed E-state index contributed by atoms with van der Waals surface area (Å²) in [6.07, 6.45) is 1.63. The third-order valence-corrected chi connectivity index (χ3v) is 2.58. The van der Waals surface area contributed by atoms with E-state index in [1.165, 1.54) is 0 Å². The molecule has 0 bridgehead atoms. The molecule has 2 nitrogen and oxygen atoms in total. The maximum atomic E-state index is 9.65. The van der Waals surface area contributed by atoms with Gasteiger partial charge in [0.15, 0.2) is 0 Å². The van der Waals surface area contributed by atoms with Gasteiger partial charge in [-0.25, -0.2) is 0 Å². The van der Waals surface area contributed by atoms with Gasteiger partial charge in [0.05, 0.1) is 5.69 Å². The molecule has 0 heterocycles. The van der Waals surface area contributed by atoms with Crippen LogP contribution in [0.5, 0.6) is 5.75 Å². The van der Waals surface area contributed by atoms with E-state index < -0.39 is 0 Å². The second-order valence-corrected chi connectivity index (χ2v) is 4.24. The van der Waals surface area contributed by atoms with E-state index in [2.05, 4.69) is 4.99 Å². The minimum atomic E-state index is 0.223. The lowest BCUT2D eigenvalue weighted by atomic mass is 10.1. The summed E-state index contributed by atoms with van der Waals surface area (Å²) in [6, 6.07) is 12.7. The molecule has 0 aliphatic carbocycles. The molecule has 0 saturated carbocycles. The summed E-state index contributed by atoms with van der Waals surface area (Å²) in [5.41, 5.74) is 2.54. The molecule has 2 aromatic rings. The molecule has 0 atom stereocenters. The number of phenolic OH excluding ortho intramolecular Hbond substituents is 1. The van der Waals surface area contributed by atoms with Gasteiger partial charge in [-0.2, -0.15) is 0 Å². The molecule has 0 unspecified atom stereocenters. The zero-order valence-electron chi connectivity index (χ0n) is 9.39. The molecule has 0 saturated heterocycles. The van der Waals surface area contributed by atoms with Gasteiger partial charge in [-0.1, -0.05) is 29.3 Å². The summed E-state index contributed by atoms with van der Waals surface area (Å²) in [5.74, 6) is 0.223. The first-order valence-corrected chi connectivity index (χ1v) is 5.62. The minimum Gasteiger partial charge on any atom is -0.507 e. The molecule has 0 aromatic heterocycles. The zero-order chi connectivity index (χ0) is 12.3. The first-order chi connectivity index (χ1) is 8.15. The third kappa shape index (κ3) is 3.08. The van der Waals surface area contributed by atoms with Crippen molar-refractivity contribution in [3.05, 3.63) is 58.6 Å². The zero-order valence-corrected chi connectivity index (χ0v) is 10.1. The Morgan fingerprint density at radius 1 is 1.18 bits per heavy atom. The van der Waals surface area contributed by atoms with E-state index in [4.69, 9.17) is 11.6 Å². The summed E-state index contributed by atoms with van der Waals surface area (Å²) < 4.78 is 0. The van der Waals surface area contributed by atoms with Crippen molar-refractivity contribution in [2.45, 2.75) is 6.92 Å². The summed E-state index contributed by atoms with van der Waals surface area (Å²) in [6.45, 7) is 1.97. The first kappa shape index (κ1) is 11.7. The molecular weight excluding hydrogens is 234 g/mol. The first-order valence-electron chi connectivity index (χ1n) is 5.24. The van der Waals surface area contributed by atoms with E-state index >= 15 is 0 Å². The number of aryl methyl sites for hydroxylation is 1. The fraction of sp³-hybridized carbons (Fsp3) is 0.0714. The Morgan fingerprint density at radius 2 is 2.00 bits per heavy atom. The largest absolute Gasteiger partial charge is 0.507 e. The fourth-order valence-corrected chi connectivity index (χ4v) is 1.66. The monoisotopic (exact) mass is 245 g/mol. The Kier molecular flexibility index (Phi) is 3.45. The van der Waals surface area contributed by atoms with Crippen molar-refractivity contribution < 1.29 is 5.11 Å². The van der Waals surface area contributed by atoms with E-state index in [-0.39, 0.29) is 5.75 Å². The van der Waals surface area contributed by atoms with Crippen LogP contribution in [0.3, 0.4) is 0 Å². The number of hydrogen-bond donors (Lipinski definition) is 1. The number of rotatable bonds is 2. The average Bonchev–Trinajstić information content (AvgIpc) is 2.30. The van der Waals surface area contributed by atoms with Gasteiger partial charge in [-0.3, -0.25) is 4.99 Å². The molecule has 1 N–H and O–H groups in total. The molecule has 0 fully saturated rings. The number of aliphatic imine (C=N–C) groups is 1. The van der Waals surface area contributed by atoms with Crippen LogP contribution in [0.2, 0.25) is 5.02 Å². The maximum Gasteiger partial charge on any atom is 0.124 e. The second-order valence-electron chi connectivity index (χ2n) is 3.80. The molecule has 0 amide bonds. The normalized spacial score (nSPS) is 10.9. The van der Waals surface area contributed by atoms with Crippen LogP contribution in [0.15, 0.2) is 47.5 Å². The van der Waals surface area contributed by atoms with Gasteiger partial charge < -0.3 is 5.11 Å². The standard InChI is InChI=1S/C14H12ClNO/c1-10-5-6-14(17)11(7-10)9-16-13-4-2-3-12(15)8-13/h2-9,17H,1H3. The van der Waals surface area contributed by atoms with E-state index in [0.717, 1.165) is 11.3 Å². The Labute approximate surface area is 105 Å². The molecule has 3 heteroatoms. The highest BCUT2D eigenvalue weighted by Gasteiger charge is 1.98. The molecule has 0 spiro atoms. The Balaban J connectivity index is 2.29. The number of halogens is 1. The van der Waals surface area contributed by atoms with E-state index in [0.29, 0.717) is 10.6 Å². The summed E-state index contributed by atoms with van der Waals surface area (Å²) >= 11 is 5.86. The van der Waals surface area contributed by atoms with E-state index in [1.807, 2.05) is 31.2 Å². The van der Waals surface area contributed by atoms with Gasteiger partial charge in [0.2, 0.25) is 0 Å². The predicted molar refractivity (Wildman–Crippen MR) is 71.5 cm³/mol. The van der Waals surface area contributed by atoms with Gasteiger partial charge in [0.1, 0.15) is 5.75 Å². The second kappa shape index (κ2) is 5.02. The van der Waals surface area contributed by atoms with E-state index in [9.17, 15) is 5.11 Å². The Bertz CT molecular complexity index is 564. The lowest BCUT2D eigenvalue weighted by molar-refractivity contribution is 0.474. The van der Waals surface area contributed by atoms with Gasteiger partial charge in [0.25, 0.3) is 0 Å². The van der Waals surface area contributed by atoms with Gasteiger partial charge >= 0.3 is 0 Å². The minimum absolute atomic E-state index is 0.223. The molecule has 86 valence electrons. The molecule has 0 aliphatic rings. The SMILES string of the molecule is Cc1ccc(O)c(C=Nc2cccc(Cl)c2)c1. The van der Waals surface area contributed by atoms with Crippen molar-refractivity contribution in [3.63, 3.8) is 0 Å². The Hall–Kier alpha value is -1.80. The number of hydrogen-bond acceptors (Lipinski definition) is 2. The van der Waals surface area contributed by atoms with Gasteiger partial charge in [-0.15, -0.1) is 0 Å². The average molecular weight is 246 g/mol. The number of nitrogens with zero attached hydrogens (tertiary/aromatic N) is 1. The molecule has 0 aliphatic heterocycles. The molecule has 2 rings (SSSR count). The van der Waals surface area contributed by atoms with Crippen LogP contribution in [-0.2, 0) is 0 Å². The topological polar surface area (TPSA) is 32.6 Å². The number of aromatic hydroxyl groups is 1. The highest BCUT2D eigenvalue weighted by Crippen LogP contribution is 2.20. The Morgan fingerprint density at radius 3 is 2.76 bits per heavy atom. The maximum absolute atomic E-state index is 9.65. The van der Waals surface area contributed by atoms with Crippen LogP contribution in [0.4, 0.5) is 5.69 Å². The van der Waals surface area contributed by atoms with Gasteiger partial charge in [0, 0.05) is 16.8 Å². The van der Waals surface area contributed by atoms with Crippen molar-refractivity contribution in [2.24, 2.45) is 4.99 Å². The van der Waals surface area contributed by atoms with Crippen LogP contribution < -0.4 is 0 Å². The molecule has 0 radical (unpaired) electrons. The highest BCUT2D eigenvalue weighted by molar-refractivity contribution is 6.30. The smallest absolute Gasteiger partial charge is 0.124 e. The predicted octanol–water partition coefficient (Wildman–Crippen LogP) is 4.10. The highest BCUT2D eigenvalue weighted by atomic mass is 35.5. The quantitative estimate of drug-likeness (QED) is 0.794. The summed E-state index contributed by atoms with van der Waals surface area (Å²) in [5, 5.41) is 10.3. The number of phenols is 1. The molecule has 17 heavy (non-hydrogen) atoms. The van der Waals surface area contributed by atoms with Crippen molar-refractivity contribution in [1.82, 2.24) is 0 Å². The van der Waals surface area contributed by atoms with Gasteiger partial charge in [-0.05, 0) is 37.3 Å². The number of benzene rings is 2.